The number of hydrogen-bond donors (Lipinski definition) is 1. The van der Waals surface area contributed by atoms with Gasteiger partial charge in [-0.2, -0.15) is 0 Å². The van der Waals surface area contributed by atoms with E-state index in [-0.39, 0.29) is 5.82 Å². The molecule has 4 heteroatoms. The summed E-state index contributed by atoms with van der Waals surface area (Å²) >= 11 is 0. The van der Waals surface area contributed by atoms with Crippen LogP contribution in [0.25, 0.3) is 11.0 Å². The van der Waals surface area contributed by atoms with Gasteiger partial charge in [-0.15, -0.1) is 0 Å². The Labute approximate surface area is 109 Å². The fraction of sp³-hybridized carbons (Fsp3) is 0.0667. The van der Waals surface area contributed by atoms with Crippen LogP contribution in [0.5, 0.6) is 0 Å². The van der Waals surface area contributed by atoms with Crippen molar-refractivity contribution in [3.8, 4) is 0 Å². The smallest absolute Gasteiger partial charge is 0.128 e. The molecule has 19 heavy (non-hydrogen) atoms. The van der Waals surface area contributed by atoms with E-state index in [0.29, 0.717) is 11.1 Å². The first-order valence-electron chi connectivity index (χ1n) is 5.97. The predicted octanol–water partition coefficient (Wildman–Crippen LogP) is 2.82. The van der Waals surface area contributed by atoms with Gasteiger partial charge >= 0.3 is 0 Å². The molecule has 0 radical (unpaired) electrons. The number of para-hydroxylation sites is 1. The maximum Gasteiger partial charge on any atom is 0.128 e. The number of halogens is 1. The Bertz CT molecular complexity index is 722. The average Bonchev–Trinajstić information content (AvgIpc) is 2.46. The molecule has 3 rings (SSSR count). The summed E-state index contributed by atoms with van der Waals surface area (Å²) in [6, 6.07) is 11.5. The predicted molar refractivity (Wildman–Crippen MR) is 72.0 cm³/mol. The molecule has 0 spiro atoms. The molecule has 0 amide bonds. The van der Waals surface area contributed by atoms with Crippen molar-refractivity contribution < 1.29 is 4.39 Å². The zero-order chi connectivity index (χ0) is 13.2. The van der Waals surface area contributed by atoms with Crippen LogP contribution < -0.4 is 5.73 Å². The molecule has 1 atom stereocenters. The molecule has 1 heterocycles. The van der Waals surface area contributed by atoms with Crippen LogP contribution in [-0.4, -0.2) is 9.97 Å². The van der Waals surface area contributed by atoms with E-state index in [0.717, 1.165) is 11.1 Å². The second-order valence-electron chi connectivity index (χ2n) is 4.27. The molecule has 0 aliphatic heterocycles. The first-order valence-corrected chi connectivity index (χ1v) is 5.97. The summed E-state index contributed by atoms with van der Waals surface area (Å²) in [5.41, 5.74) is 8.87. The largest absolute Gasteiger partial charge is 0.320 e. The summed E-state index contributed by atoms with van der Waals surface area (Å²) in [4.78, 5) is 8.52. The number of hydrogen-bond acceptors (Lipinski definition) is 3. The second-order valence-corrected chi connectivity index (χ2v) is 4.27. The van der Waals surface area contributed by atoms with Gasteiger partial charge in [0.15, 0.2) is 0 Å². The van der Waals surface area contributed by atoms with Crippen molar-refractivity contribution in [1.82, 2.24) is 9.97 Å². The van der Waals surface area contributed by atoms with Crippen molar-refractivity contribution >= 4 is 11.0 Å². The van der Waals surface area contributed by atoms with Gasteiger partial charge in [-0.05, 0) is 12.1 Å². The summed E-state index contributed by atoms with van der Waals surface area (Å²) in [5, 5.41) is 0. The van der Waals surface area contributed by atoms with Gasteiger partial charge in [-0.25, -0.2) is 4.39 Å². The van der Waals surface area contributed by atoms with Crippen LogP contribution in [0, 0.1) is 5.82 Å². The standard InChI is InChI=1S/C15H12FN3/c16-12-6-2-1-4-10(12)14(17)11-5-3-7-13-15(11)19-9-8-18-13/h1-9,14H,17H2. The Morgan fingerprint density at radius 3 is 2.47 bits per heavy atom. The van der Waals surface area contributed by atoms with Gasteiger partial charge in [0.05, 0.1) is 17.1 Å². The second kappa shape index (κ2) is 4.74. The number of aromatic nitrogens is 2. The van der Waals surface area contributed by atoms with Crippen LogP contribution in [0.2, 0.25) is 0 Å². The van der Waals surface area contributed by atoms with Crippen LogP contribution in [0.15, 0.2) is 54.9 Å². The van der Waals surface area contributed by atoms with Crippen molar-refractivity contribution in [2.24, 2.45) is 5.73 Å². The molecule has 1 aromatic heterocycles. The zero-order valence-electron chi connectivity index (χ0n) is 10.1. The van der Waals surface area contributed by atoms with E-state index in [9.17, 15) is 4.39 Å². The molecule has 0 aliphatic rings. The van der Waals surface area contributed by atoms with Crippen LogP contribution in [0.1, 0.15) is 17.2 Å². The quantitative estimate of drug-likeness (QED) is 0.764. The van der Waals surface area contributed by atoms with Crippen molar-refractivity contribution in [2.75, 3.05) is 0 Å². The van der Waals surface area contributed by atoms with E-state index in [4.69, 9.17) is 5.73 Å². The molecule has 3 nitrogen and oxygen atoms in total. The molecular weight excluding hydrogens is 241 g/mol. The number of rotatable bonds is 2. The van der Waals surface area contributed by atoms with E-state index < -0.39 is 6.04 Å². The van der Waals surface area contributed by atoms with Gasteiger partial charge in [-0.1, -0.05) is 30.3 Å². The van der Waals surface area contributed by atoms with E-state index in [2.05, 4.69) is 9.97 Å². The molecule has 2 N–H and O–H groups in total. The number of nitrogens with zero attached hydrogens (tertiary/aromatic N) is 2. The van der Waals surface area contributed by atoms with Gasteiger partial charge in [0.25, 0.3) is 0 Å². The van der Waals surface area contributed by atoms with Gasteiger partial charge in [0.2, 0.25) is 0 Å². The molecule has 3 aromatic rings. The third-order valence-corrected chi connectivity index (χ3v) is 3.11. The van der Waals surface area contributed by atoms with E-state index in [1.807, 2.05) is 18.2 Å². The van der Waals surface area contributed by atoms with Crippen LogP contribution in [0.4, 0.5) is 4.39 Å². The molecule has 0 bridgehead atoms. The highest BCUT2D eigenvalue weighted by Gasteiger charge is 2.16. The molecule has 94 valence electrons. The van der Waals surface area contributed by atoms with Gasteiger partial charge in [0.1, 0.15) is 5.82 Å². The highest BCUT2D eigenvalue weighted by atomic mass is 19.1. The third-order valence-electron chi connectivity index (χ3n) is 3.11. The number of benzene rings is 2. The van der Waals surface area contributed by atoms with Gasteiger partial charge in [0, 0.05) is 23.5 Å². The number of fused-ring (bicyclic) bond motifs is 1. The molecule has 0 saturated carbocycles. The van der Waals surface area contributed by atoms with Crippen molar-refractivity contribution in [1.29, 1.82) is 0 Å². The summed E-state index contributed by atoms with van der Waals surface area (Å²) < 4.78 is 13.8. The maximum absolute atomic E-state index is 13.8. The molecule has 2 aromatic carbocycles. The highest BCUT2D eigenvalue weighted by Crippen LogP contribution is 2.26. The van der Waals surface area contributed by atoms with Crippen LogP contribution in [0.3, 0.4) is 0 Å². The topological polar surface area (TPSA) is 51.8 Å². The summed E-state index contributed by atoms with van der Waals surface area (Å²) in [7, 11) is 0. The molecule has 0 saturated heterocycles. The lowest BCUT2D eigenvalue weighted by atomic mass is 9.98. The first-order chi connectivity index (χ1) is 9.27. The molecule has 1 unspecified atom stereocenters. The zero-order valence-corrected chi connectivity index (χ0v) is 10.1. The van der Waals surface area contributed by atoms with Crippen molar-refractivity contribution in [3.63, 3.8) is 0 Å². The summed E-state index contributed by atoms with van der Waals surface area (Å²) in [5.74, 6) is -0.309. The average molecular weight is 253 g/mol. The Balaban J connectivity index is 2.17. The fourth-order valence-corrected chi connectivity index (χ4v) is 2.16. The Kier molecular flexibility index (Phi) is 2.93. The SMILES string of the molecule is NC(c1ccccc1F)c1cccc2nccnc12. The third kappa shape index (κ3) is 2.06. The van der Waals surface area contributed by atoms with Crippen molar-refractivity contribution in [3.05, 3.63) is 71.8 Å². The minimum atomic E-state index is -0.554. The van der Waals surface area contributed by atoms with E-state index >= 15 is 0 Å². The Morgan fingerprint density at radius 1 is 0.895 bits per heavy atom. The van der Waals surface area contributed by atoms with E-state index in [1.54, 1.807) is 30.6 Å². The lowest BCUT2D eigenvalue weighted by molar-refractivity contribution is 0.600. The lowest BCUT2D eigenvalue weighted by Crippen LogP contribution is -2.14. The molecular formula is C15H12FN3. The minimum Gasteiger partial charge on any atom is -0.320 e. The van der Waals surface area contributed by atoms with Crippen LogP contribution in [-0.2, 0) is 0 Å². The number of nitrogens with two attached hydrogens (primary N) is 1. The fourth-order valence-electron chi connectivity index (χ4n) is 2.16. The van der Waals surface area contributed by atoms with Gasteiger partial charge in [-0.3, -0.25) is 9.97 Å². The first kappa shape index (κ1) is 11.7. The lowest BCUT2D eigenvalue weighted by Gasteiger charge is -2.14. The Hall–Kier alpha value is -2.33. The monoisotopic (exact) mass is 253 g/mol. The minimum absolute atomic E-state index is 0.309. The summed E-state index contributed by atoms with van der Waals surface area (Å²) in [6.45, 7) is 0. The molecule has 0 aliphatic carbocycles. The normalized spacial score (nSPS) is 12.5. The maximum atomic E-state index is 13.8. The Morgan fingerprint density at radius 2 is 1.63 bits per heavy atom. The van der Waals surface area contributed by atoms with Crippen LogP contribution >= 0.6 is 0 Å². The highest BCUT2D eigenvalue weighted by molar-refractivity contribution is 5.78. The van der Waals surface area contributed by atoms with Gasteiger partial charge < -0.3 is 5.73 Å². The van der Waals surface area contributed by atoms with E-state index in [1.165, 1.54) is 6.07 Å². The summed E-state index contributed by atoms with van der Waals surface area (Å²) in [6.07, 6.45) is 3.24. The van der Waals surface area contributed by atoms with Crippen molar-refractivity contribution in [2.45, 2.75) is 6.04 Å². The molecule has 0 fully saturated rings.